The molecule has 33 heavy (non-hydrogen) atoms. The largest absolute Gasteiger partial charge is 0.393 e. The van der Waals surface area contributed by atoms with E-state index in [2.05, 4.69) is 44.2 Å². The Morgan fingerprint density at radius 2 is 1.70 bits per heavy atom. The fourth-order valence-corrected chi connectivity index (χ4v) is 9.35. The first kappa shape index (κ1) is 23.8. The second kappa shape index (κ2) is 8.62. The van der Waals surface area contributed by atoms with E-state index in [-0.39, 0.29) is 46.5 Å². The van der Waals surface area contributed by atoms with Crippen LogP contribution in [-0.2, 0) is 6.42 Å². The Kier molecular flexibility index (Phi) is 6.21. The van der Waals surface area contributed by atoms with Crippen molar-refractivity contribution < 1.29 is 15.3 Å². The number of rotatable bonds is 5. The zero-order valence-electron chi connectivity index (χ0n) is 20.6. The Balaban J connectivity index is 1.31. The van der Waals surface area contributed by atoms with Crippen molar-refractivity contribution in [2.24, 2.45) is 40.2 Å². The first-order valence-electron chi connectivity index (χ1n) is 13.6. The molecule has 0 amide bonds. The minimum absolute atomic E-state index is 0.0711. The van der Waals surface area contributed by atoms with Crippen molar-refractivity contribution in [2.45, 2.75) is 108 Å². The molecular formula is C29H45NO3. The van der Waals surface area contributed by atoms with Crippen LogP contribution < -0.4 is 5.73 Å². The Labute approximate surface area is 200 Å². The van der Waals surface area contributed by atoms with Gasteiger partial charge in [0.15, 0.2) is 0 Å². The second-order valence-corrected chi connectivity index (χ2v) is 12.6. The molecule has 0 spiro atoms. The lowest BCUT2D eigenvalue weighted by Crippen LogP contribution is -2.68. The van der Waals surface area contributed by atoms with E-state index in [1.165, 1.54) is 5.56 Å². The van der Waals surface area contributed by atoms with Crippen molar-refractivity contribution in [3.05, 3.63) is 35.9 Å². The summed E-state index contributed by atoms with van der Waals surface area (Å²) in [4.78, 5) is 0. The van der Waals surface area contributed by atoms with E-state index in [1.807, 2.05) is 0 Å². The number of aliphatic hydroxyl groups excluding tert-OH is 3. The molecule has 5 rings (SSSR count). The molecule has 0 bridgehead atoms. The summed E-state index contributed by atoms with van der Waals surface area (Å²) in [6, 6.07) is 10.6. The van der Waals surface area contributed by atoms with Gasteiger partial charge in [0.05, 0.1) is 18.3 Å². The smallest absolute Gasteiger partial charge is 0.0578 e. The summed E-state index contributed by atoms with van der Waals surface area (Å²) in [7, 11) is 0. The van der Waals surface area contributed by atoms with Crippen LogP contribution in [0.4, 0.5) is 0 Å². The summed E-state index contributed by atoms with van der Waals surface area (Å²) < 4.78 is 0. The molecule has 4 heteroatoms. The minimum Gasteiger partial charge on any atom is -0.393 e. The topological polar surface area (TPSA) is 86.7 Å². The summed E-state index contributed by atoms with van der Waals surface area (Å²) in [6.07, 6.45) is 9.42. The van der Waals surface area contributed by atoms with E-state index in [9.17, 15) is 15.3 Å². The van der Waals surface area contributed by atoms with Crippen molar-refractivity contribution in [1.29, 1.82) is 0 Å². The molecule has 4 saturated carbocycles. The number of fused-ring (bicyclic) bond motifs is 5. The van der Waals surface area contributed by atoms with Crippen molar-refractivity contribution in [1.82, 2.24) is 0 Å². The average Bonchev–Trinajstić information content (AvgIpc) is 3.07. The highest BCUT2D eigenvalue weighted by Gasteiger charge is 2.68. The minimum atomic E-state index is -0.371. The van der Waals surface area contributed by atoms with Crippen molar-refractivity contribution in [2.75, 3.05) is 0 Å². The third-order valence-electron chi connectivity index (χ3n) is 11.3. The zero-order chi connectivity index (χ0) is 23.4. The average molecular weight is 456 g/mol. The first-order valence-corrected chi connectivity index (χ1v) is 13.6. The maximum atomic E-state index is 11.3. The van der Waals surface area contributed by atoms with Gasteiger partial charge in [0.1, 0.15) is 0 Å². The number of nitrogens with two attached hydrogens (primary N) is 1. The molecular weight excluding hydrogens is 410 g/mol. The predicted molar refractivity (Wildman–Crippen MR) is 131 cm³/mol. The molecule has 4 nitrogen and oxygen atoms in total. The Morgan fingerprint density at radius 1 is 0.939 bits per heavy atom. The number of aryl methyl sites for hydroxylation is 1. The van der Waals surface area contributed by atoms with Gasteiger partial charge in [-0.25, -0.2) is 0 Å². The molecule has 5 N–H and O–H groups in total. The molecule has 2 unspecified atom stereocenters. The molecule has 0 heterocycles. The van der Waals surface area contributed by atoms with Gasteiger partial charge in [0.25, 0.3) is 0 Å². The molecule has 4 fully saturated rings. The van der Waals surface area contributed by atoms with Gasteiger partial charge in [-0.15, -0.1) is 0 Å². The lowest BCUT2D eigenvalue weighted by atomic mass is 9.42. The van der Waals surface area contributed by atoms with Gasteiger partial charge >= 0.3 is 0 Å². The Bertz CT molecular complexity index is 831. The van der Waals surface area contributed by atoms with Crippen molar-refractivity contribution in [3.63, 3.8) is 0 Å². The van der Waals surface area contributed by atoms with E-state index >= 15 is 0 Å². The molecule has 1 aromatic rings. The molecule has 0 aromatic heterocycles. The highest BCUT2D eigenvalue weighted by Crippen LogP contribution is 2.68. The van der Waals surface area contributed by atoms with Crippen LogP contribution in [0.25, 0.3) is 0 Å². The zero-order valence-corrected chi connectivity index (χ0v) is 20.6. The highest BCUT2D eigenvalue weighted by molar-refractivity contribution is 5.21. The lowest BCUT2D eigenvalue weighted by molar-refractivity contribution is -0.180. The molecule has 184 valence electrons. The number of aliphatic hydroxyl groups is 3. The maximum Gasteiger partial charge on any atom is 0.0578 e. The summed E-state index contributed by atoms with van der Waals surface area (Å²) in [5.74, 6) is 1.26. The van der Waals surface area contributed by atoms with E-state index in [0.717, 1.165) is 70.6 Å². The van der Waals surface area contributed by atoms with Crippen LogP contribution in [0.5, 0.6) is 0 Å². The van der Waals surface area contributed by atoms with Gasteiger partial charge < -0.3 is 21.1 Å². The lowest BCUT2D eigenvalue weighted by Gasteiger charge is -2.65. The van der Waals surface area contributed by atoms with Crippen molar-refractivity contribution >= 4 is 0 Å². The quantitative estimate of drug-likeness (QED) is 0.529. The molecule has 0 radical (unpaired) electrons. The standard InChI is InChI=1S/C29H45NO3/c1-27-14-11-20(31)17-24(27)26(33)18-23-21(27)12-15-28(2)22(13-16-29(23,28)30)25(32)10-6-9-19-7-4-3-5-8-19/h3-5,7-8,20-26,31-33H,6,9-18,30H2,1-2H3/t20-,21?,22+,23+,24+,25?,26-,27+,28+,29+/m0/s1. The normalized spacial score (nSPS) is 47.9. The molecule has 1 aromatic carbocycles. The van der Waals surface area contributed by atoms with Crippen LogP contribution in [-0.4, -0.2) is 39.2 Å². The molecule has 10 atom stereocenters. The first-order chi connectivity index (χ1) is 15.7. The number of benzene rings is 1. The summed E-state index contributed by atoms with van der Waals surface area (Å²) >= 11 is 0. The molecule has 0 saturated heterocycles. The third-order valence-corrected chi connectivity index (χ3v) is 11.3. The van der Waals surface area contributed by atoms with Gasteiger partial charge in [-0.3, -0.25) is 0 Å². The SMILES string of the molecule is C[C@]12CC[C@H](O)C[C@@H]1[C@@H](O)C[C@@H]1C2CC[C@]2(C)[C@@H](C(O)CCCc3ccccc3)CC[C@@]12N. The number of hydrogen-bond donors (Lipinski definition) is 4. The summed E-state index contributed by atoms with van der Waals surface area (Å²) in [5, 5.41) is 32.9. The third kappa shape index (κ3) is 3.71. The predicted octanol–water partition coefficient (Wildman–Crippen LogP) is 4.44. The van der Waals surface area contributed by atoms with Crippen LogP contribution in [0.3, 0.4) is 0 Å². The van der Waals surface area contributed by atoms with E-state index < -0.39 is 0 Å². The summed E-state index contributed by atoms with van der Waals surface area (Å²) in [6.45, 7) is 4.73. The molecule has 0 aliphatic heterocycles. The van der Waals surface area contributed by atoms with Crippen LogP contribution in [0.15, 0.2) is 30.3 Å². The van der Waals surface area contributed by atoms with Crippen LogP contribution >= 0.6 is 0 Å². The summed E-state index contributed by atoms with van der Waals surface area (Å²) in [5.41, 5.74) is 8.43. The fraction of sp³-hybridized carbons (Fsp3) is 0.793. The van der Waals surface area contributed by atoms with Gasteiger partial charge in [-0.05, 0) is 111 Å². The van der Waals surface area contributed by atoms with E-state index in [4.69, 9.17) is 5.73 Å². The van der Waals surface area contributed by atoms with Gasteiger partial charge in [-0.1, -0.05) is 44.2 Å². The van der Waals surface area contributed by atoms with E-state index in [0.29, 0.717) is 11.8 Å². The van der Waals surface area contributed by atoms with Gasteiger partial charge in [0.2, 0.25) is 0 Å². The Morgan fingerprint density at radius 3 is 2.45 bits per heavy atom. The van der Waals surface area contributed by atoms with Crippen molar-refractivity contribution in [3.8, 4) is 0 Å². The monoisotopic (exact) mass is 455 g/mol. The maximum absolute atomic E-state index is 11.3. The van der Waals surface area contributed by atoms with Gasteiger partial charge in [-0.2, -0.15) is 0 Å². The molecule has 4 aliphatic carbocycles. The van der Waals surface area contributed by atoms with Crippen LogP contribution in [0.2, 0.25) is 0 Å². The second-order valence-electron chi connectivity index (χ2n) is 12.6. The van der Waals surface area contributed by atoms with Crippen LogP contribution in [0.1, 0.15) is 83.6 Å². The van der Waals surface area contributed by atoms with E-state index in [1.54, 1.807) is 0 Å². The highest BCUT2D eigenvalue weighted by atomic mass is 16.3. The Hall–Kier alpha value is -0.940. The van der Waals surface area contributed by atoms with Crippen LogP contribution in [0, 0.1) is 34.5 Å². The van der Waals surface area contributed by atoms with Gasteiger partial charge in [0, 0.05) is 5.54 Å². The number of hydrogen-bond acceptors (Lipinski definition) is 4. The molecule has 4 aliphatic rings. The fourth-order valence-electron chi connectivity index (χ4n) is 9.35.